The van der Waals surface area contributed by atoms with Crippen molar-refractivity contribution >= 4 is 11.5 Å². The van der Waals surface area contributed by atoms with Crippen LogP contribution in [-0.2, 0) is 11.3 Å². The Labute approximate surface area is 102 Å². The molecule has 5 nitrogen and oxygen atoms in total. The van der Waals surface area contributed by atoms with E-state index < -0.39 is 0 Å². The molecule has 2 atom stereocenters. The number of nitrogens with zero attached hydrogens (tertiary/aromatic N) is 3. The number of hydrogen-bond donors (Lipinski definition) is 1. The van der Waals surface area contributed by atoms with Gasteiger partial charge in [0.05, 0.1) is 17.8 Å². The first-order valence-corrected chi connectivity index (χ1v) is 6.35. The molecular formula is C12H20N4O. The molecule has 2 unspecified atom stereocenters. The number of methoxy groups -OCH3 is 1. The lowest BCUT2D eigenvalue weighted by molar-refractivity contribution is 0.118. The zero-order valence-electron chi connectivity index (χ0n) is 10.7. The van der Waals surface area contributed by atoms with Crippen LogP contribution in [0.5, 0.6) is 0 Å². The Morgan fingerprint density at radius 2 is 2.35 bits per heavy atom. The molecule has 2 aliphatic rings. The average molecular weight is 236 g/mol. The smallest absolute Gasteiger partial charge is 0.151 e. The first kappa shape index (κ1) is 10.9. The number of aromatic nitrogens is 2. The van der Waals surface area contributed by atoms with Gasteiger partial charge in [0, 0.05) is 26.7 Å². The number of fused-ring (bicyclic) bond motifs is 3. The summed E-state index contributed by atoms with van der Waals surface area (Å²) >= 11 is 0. The molecule has 1 N–H and O–H groups in total. The first-order valence-electron chi connectivity index (χ1n) is 6.35. The highest BCUT2D eigenvalue weighted by Crippen LogP contribution is 2.38. The minimum Gasteiger partial charge on any atom is -0.380 e. The molecule has 0 aromatic carbocycles. The molecule has 2 aliphatic heterocycles. The molecule has 3 rings (SSSR count). The summed E-state index contributed by atoms with van der Waals surface area (Å²) in [4.78, 5) is 2.46. The third kappa shape index (κ3) is 1.52. The standard InChI is InChI=1S/C12H20N4O/c1-4-16-12-11(8(2)14-16)13-6-9-5-10(17-3)7-15(9)12/h9-10,13H,4-7H2,1-3H3. The molecular weight excluding hydrogens is 216 g/mol. The molecule has 94 valence electrons. The van der Waals surface area contributed by atoms with E-state index in [0.717, 1.165) is 31.7 Å². The van der Waals surface area contributed by atoms with E-state index >= 15 is 0 Å². The van der Waals surface area contributed by atoms with Crippen LogP contribution >= 0.6 is 0 Å². The number of aryl methyl sites for hydroxylation is 2. The summed E-state index contributed by atoms with van der Waals surface area (Å²) in [6.07, 6.45) is 1.46. The SMILES string of the molecule is CCn1nc(C)c2c1N1CC(OC)CC1CN2. The van der Waals surface area contributed by atoms with Crippen molar-refractivity contribution in [3.8, 4) is 0 Å². The van der Waals surface area contributed by atoms with Gasteiger partial charge in [0.15, 0.2) is 5.82 Å². The summed E-state index contributed by atoms with van der Waals surface area (Å²) in [5, 5.41) is 8.11. The van der Waals surface area contributed by atoms with E-state index in [9.17, 15) is 0 Å². The molecule has 1 saturated heterocycles. The Balaban J connectivity index is 2.00. The van der Waals surface area contributed by atoms with Crippen molar-refractivity contribution in [3.05, 3.63) is 5.69 Å². The quantitative estimate of drug-likeness (QED) is 0.838. The predicted octanol–water partition coefficient (Wildman–Crippen LogP) is 1.23. The minimum atomic E-state index is 0.355. The van der Waals surface area contributed by atoms with Gasteiger partial charge in [-0.25, -0.2) is 4.68 Å². The lowest BCUT2D eigenvalue weighted by Gasteiger charge is -2.32. The lowest BCUT2D eigenvalue weighted by Crippen LogP contribution is -2.40. The fraction of sp³-hybridized carbons (Fsp3) is 0.750. The molecule has 0 bridgehead atoms. The average Bonchev–Trinajstić information content (AvgIpc) is 2.89. The summed E-state index contributed by atoms with van der Waals surface area (Å²) in [7, 11) is 1.81. The van der Waals surface area contributed by atoms with Gasteiger partial charge < -0.3 is 15.0 Å². The van der Waals surface area contributed by atoms with Crippen LogP contribution < -0.4 is 10.2 Å². The van der Waals surface area contributed by atoms with Crippen LogP contribution in [0, 0.1) is 6.92 Å². The molecule has 5 heteroatoms. The zero-order valence-corrected chi connectivity index (χ0v) is 10.7. The molecule has 3 heterocycles. The Bertz CT molecular complexity index is 428. The van der Waals surface area contributed by atoms with E-state index in [0.29, 0.717) is 12.1 Å². The van der Waals surface area contributed by atoms with Crippen LogP contribution in [0.4, 0.5) is 11.5 Å². The van der Waals surface area contributed by atoms with Crippen molar-refractivity contribution in [3.63, 3.8) is 0 Å². The highest BCUT2D eigenvalue weighted by atomic mass is 16.5. The number of rotatable bonds is 2. The van der Waals surface area contributed by atoms with E-state index in [1.54, 1.807) is 7.11 Å². The Morgan fingerprint density at radius 3 is 3.06 bits per heavy atom. The van der Waals surface area contributed by atoms with E-state index in [1.165, 1.54) is 11.5 Å². The number of nitrogens with one attached hydrogen (secondary N) is 1. The Morgan fingerprint density at radius 1 is 1.53 bits per heavy atom. The first-order chi connectivity index (χ1) is 8.24. The van der Waals surface area contributed by atoms with Gasteiger partial charge >= 0.3 is 0 Å². The van der Waals surface area contributed by atoms with Crippen LogP contribution in [0.1, 0.15) is 19.0 Å². The van der Waals surface area contributed by atoms with Crippen LogP contribution in [0.25, 0.3) is 0 Å². The Hall–Kier alpha value is -1.23. The lowest BCUT2D eigenvalue weighted by atomic mass is 10.1. The Kier molecular flexibility index (Phi) is 2.50. The van der Waals surface area contributed by atoms with Crippen molar-refractivity contribution in [2.24, 2.45) is 0 Å². The topological polar surface area (TPSA) is 42.3 Å². The number of hydrogen-bond acceptors (Lipinski definition) is 4. The summed E-state index contributed by atoms with van der Waals surface area (Å²) in [5.74, 6) is 1.25. The summed E-state index contributed by atoms with van der Waals surface area (Å²) < 4.78 is 7.60. The van der Waals surface area contributed by atoms with Gasteiger partial charge in [-0.15, -0.1) is 0 Å². The second-order valence-corrected chi connectivity index (χ2v) is 4.88. The van der Waals surface area contributed by atoms with Crippen molar-refractivity contribution in [2.75, 3.05) is 30.4 Å². The monoisotopic (exact) mass is 236 g/mol. The molecule has 17 heavy (non-hydrogen) atoms. The predicted molar refractivity (Wildman–Crippen MR) is 67.7 cm³/mol. The van der Waals surface area contributed by atoms with Crippen molar-refractivity contribution in [2.45, 2.75) is 39.0 Å². The normalized spacial score (nSPS) is 26.6. The third-order valence-electron chi connectivity index (χ3n) is 3.90. The second-order valence-electron chi connectivity index (χ2n) is 4.88. The van der Waals surface area contributed by atoms with E-state index in [2.05, 4.69) is 33.8 Å². The van der Waals surface area contributed by atoms with Gasteiger partial charge in [-0.2, -0.15) is 5.10 Å². The molecule has 0 amide bonds. The van der Waals surface area contributed by atoms with Crippen LogP contribution in [0.3, 0.4) is 0 Å². The molecule has 0 saturated carbocycles. The maximum atomic E-state index is 5.50. The maximum absolute atomic E-state index is 5.50. The van der Waals surface area contributed by atoms with Gasteiger partial charge in [0.25, 0.3) is 0 Å². The molecule has 1 aromatic heterocycles. The maximum Gasteiger partial charge on any atom is 0.151 e. The number of anilines is 2. The second kappa shape index (κ2) is 3.91. The van der Waals surface area contributed by atoms with E-state index in [4.69, 9.17) is 4.74 Å². The van der Waals surface area contributed by atoms with Gasteiger partial charge in [0.2, 0.25) is 0 Å². The van der Waals surface area contributed by atoms with Crippen molar-refractivity contribution in [1.29, 1.82) is 0 Å². The van der Waals surface area contributed by atoms with Crippen LogP contribution in [0.2, 0.25) is 0 Å². The van der Waals surface area contributed by atoms with Gasteiger partial charge in [0.1, 0.15) is 5.69 Å². The van der Waals surface area contributed by atoms with E-state index in [1.807, 2.05) is 0 Å². The molecule has 1 fully saturated rings. The third-order valence-corrected chi connectivity index (χ3v) is 3.90. The zero-order chi connectivity index (χ0) is 12.0. The highest BCUT2D eigenvalue weighted by Gasteiger charge is 2.38. The summed E-state index contributed by atoms with van der Waals surface area (Å²) in [5.41, 5.74) is 2.31. The number of ether oxygens (including phenoxy) is 1. The summed E-state index contributed by atoms with van der Waals surface area (Å²) in [6.45, 7) is 7.12. The van der Waals surface area contributed by atoms with E-state index in [-0.39, 0.29) is 0 Å². The minimum absolute atomic E-state index is 0.355. The highest BCUT2D eigenvalue weighted by molar-refractivity contribution is 5.72. The fourth-order valence-electron chi connectivity index (χ4n) is 3.01. The van der Waals surface area contributed by atoms with Crippen LogP contribution in [0.15, 0.2) is 0 Å². The van der Waals surface area contributed by atoms with Gasteiger partial charge in [-0.05, 0) is 20.3 Å². The fourth-order valence-corrected chi connectivity index (χ4v) is 3.01. The summed E-state index contributed by atoms with van der Waals surface area (Å²) in [6, 6.07) is 0.550. The van der Waals surface area contributed by atoms with Crippen molar-refractivity contribution < 1.29 is 4.74 Å². The largest absolute Gasteiger partial charge is 0.380 e. The van der Waals surface area contributed by atoms with Gasteiger partial charge in [-0.3, -0.25) is 0 Å². The van der Waals surface area contributed by atoms with Crippen molar-refractivity contribution in [1.82, 2.24) is 9.78 Å². The van der Waals surface area contributed by atoms with Gasteiger partial charge in [-0.1, -0.05) is 0 Å². The molecule has 0 spiro atoms. The van der Waals surface area contributed by atoms with Crippen LogP contribution in [-0.4, -0.2) is 42.1 Å². The molecule has 1 aromatic rings. The molecule has 0 aliphatic carbocycles. The molecule has 0 radical (unpaired) electrons.